The Morgan fingerprint density at radius 3 is 1.82 bits per heavy atom. The maximum Gasteiger partial charge on any atom is 0.491 e. The van der Waals surface area contributed by atoms with Crippen molar-refractivity contribution in [2.75, 3.05) is 0 Å². The molecule has 4 heteroatoms. The predicted octanol–water partition coefficient (Wildman–Crippen LogP) is 1.23. The number of halogens is 1. The zero-order chi connectivity index (χ0) is 9.44. The van der Waals surface area contributed by atoms with Gasteiger partial charge in [-0.25, -0.2) is 4.39 Å². The van der Waals surface area contributed by atoms with Crippen molar-refractivity contribution >= 4 is 7.12 Å². The van der Waals surface area contributed by atoms with Crippen LogP contribution in [0.4, 0.5) is 4.39 Å². The van der Waals surface area contributed by atoms with Gasteiger partial charge >= 0.3 is 7.12 Å². The molecule has 11 heavy (non-hydrogen) atoms. The van der Waals surface area contributed by atoms with Crippen LogP contribution in [0.15, 0.2) is 37.1 Å². The number of rotatable bonds is 2. The summed E-state index contributed by atoms with van der Waals surface area (Å²) >= 11 is 0. The molecule has 0 aromatic rings. The van der Waals surface area contributed by atoms with Crippen molar-refractivity contribution in [3.63, 3.8) is 0 Å². The van der Waals surface area contributed by atoms with Gasteiger partial charge in [-0.15, -0.1) is 13.2 Å². The van der Waals surface area contributed by atoms with E-state index in [9.17, 15) is 4.39 Å². The summed E-state index contributed by atoms with van der Waals surface area (Å²) in [5, 5.41) is 16.7. The Bertz CT molecular complexity index is 155. The second-order valence-corrected chi connectivity index (χ2v) is 1.52. The average molecular weight is 158 g/mol. The molecule has 0 aromatic carbocycles. The quantitative estimate of drug-likeness (QED) is 0.360. The maximum absolute atomic E-state index is 12.0. The van der Waals surface area contributed by atoms with Crippen LogP contribution in [0.3, 0.4) is 0 Å². The fourth-order valence-corrected chi connectivity index (χ4v) is 0.446. The number of allylic oxidation sites excluding steroid dienone is 3. The standard InChI is InChI=1S/C5H8BFO2.C2H4/c1-3-5(4(2)7)6(8)9;1-2/h3,8-9H,2H2,1H3;1-2H2/b5-3+;. The van der Waals surface area contributed by atoms with Gasteiger partial charge in [0.05, 0.1) is 0 Å². The first kappa shape index (κ1) is 12.8. The van der Waals surface area contributed by atoms with Crippen LogP contribution in [-0.4, -0.2) is 17.2 Å². The van der Waals surface area contributed by atoms with Crippen molar-refractivity contribution in [1.82, 2.24) is 0 Å². The third-order valence-electron chi connectivity index (χ3n) is 0.902. The molecule has 62 valence electrons. The van der Waals surface area contributed by atoms with E-state index in [0.717, 1.165) is 0 Å². The molecule has 2 nitrogen and oxygen atoms in total. The Balaban J connectivity index is 0. The van der Waals surface area contributed by atoms with Gasteiger partial charge in [0.25, 0.3) is 0 Å². The van der Waals surface area contributed by atoms with Gasteiger partial charge < -0.3 is 10.0 Å². The molecule has 0 radical (unpaired) electrons. The van der Waals surface area contributed by atoms with E-state index in [2.05, 4.69) is 19.7 Å². The highest BCUT2D eigenvalue weighted by molar-refractivity contribution is 6.52. The van der Waals surface area contributed by atoms with E-state index in [4.69, 9.17) is 10.0 Å². The number of hydrogen-bond acceptors (Lipinski definition) is 2. The average Bonchev–Trinajstić information content (AvgIpc) is 1.91. The Morgan fingerprint density at radius 2 is 1.82 bits per heavy atom. The fourth-order valence-electron chi connectivity index (χ4n) is 0.446. The summed E-state index contributed by atoms with van der Waals surface area (Å²) in [6.07, 6.45) is 1.26. The van der Waals surface area contributed by atoms with Crippen LogP contribution in [-0.2, 0) is 0 Å². The van der Waals surface area contributed by atoms with E-state index >= 15 is 0 Å². The third-order valence-corrected chi connectivity index (χ3v) is 0.902. The van der Waals surface area contributed by atoms with Crippen molar-refractivity contribution in [3.05, 3.63) is 37.1 Å². The summed E-state index contributed by atoms with van der Waals surface area (Å²) in [7, 11) is -1.76. The summed E-state index contributed by atoms with van der Waals surface area (Å²) in [4.78, 5) is 0. The molecule has 0 aliphatic carbocycles. The van der Waals surface area contributed by atoms with E-state index in [1.807, 2.05) is 0 Å². The van der Waals surface area contributed by atoms with Crippen molar-refractivity contribution in [3.8, 4) is 0 Å². The van der Waals surface area contributed by atoms with Gasteiger partial charge in [0.2, 0.25) is 0 Å². The molecule has 0 atom stereocenters. The summed E-state index contributed by atoms with van der Waals surface area (Å²) in [5.74, 6) is -0.812. The Labute approximate surface area is 66.5 Å². The van der Waals surface area contributed by atoms with Gasteiger partial charge in [-0.1, -0.05) is 12.7 Å². The lowest BCUT2D eigenvalue weighted by molar-refractivity contribution is 0.416. The lowest BCUT2D eigenvalue weighted by Gasteiger charge is -1.98. The molecule has 0 aliphatic rings. The lowest BCUT2D eigenvalue weighted by Crippen LogP contribution is -2.15. The van der Waals surface area contributed by atoms with Crippen LogP contribution in [0, 0.1) is 0 Å². The summed E-state index contributed by atoms with van der Waals surface area (Å²) in [5.41, 5.74) is -0.185. The van der Waals surface area contributed by atoms with E-state index < -0.39 is 12.9 Å². The fraction of sp³-hybridized carbons (Fsp3) is 0.143. The smallest absolute Gasteiger partial charge is 0.423 e. The van der Waals surface area contributed by atoms with Crippen LogP contribution in [0.5, 0.6) is 0 Å². The molecule has 0 spiro atoms. The van der Waals surface area contributed by atoms with Crippen molar-refractivity contribution in [2.24, 2.45) is 0 Å². The second kappa shape index (κ2) is 7.24. The Morgan fingerprint density at radius 1 is 1.45 bits per heavy atom. The zero-order valence-electron chi connectivity index (χ0n) is 6.55. The second-order valence-electron chi connectivity index (χ2n) is 1.52. The third kappa shape index (κ3) is 5.57. The Hall–Kier alpha value is -0.865. The van der Waals surface area contributed by atoms with E-state index in [0.29, 0.717) is 0 Å². The van der Waals surface area contributed by atoms with Gasteiger partial charge in [0, 0.05) is 5.47 Å². The highest BCUT2D eigenvalue weighted by atomic mass is 19.1. The SMILES string of the molecule is C=C.C=C(F)/C(=C\C)B(O)O. The van der Waals surface area contributed by atoms with Crippen LogP contribution in [0.25, 0.3) is 0 Å². The molecule has 0 heterocycles. The van der Waals surface area contributed by atoms with Gasteiger partial charge in [-0.3, -0.25) is 0 Å². The molecule has 0 aliphatic heterocycles. The van der Waals surface area contributed by atoms with E-state index in [-0.39, 0.29) is 5.47 Å². The van der Waals surface area contributed by atoms with Crippen molar-refractivity contribution in [1.29, 1.82) is 0 Å². The van der Waals surface area contributed by atoms with Crippen LogP contribution >= 0.6 is 0 Å². The summed E-state index contributed by atoms with van der Waals surface area (Å²) < 4.78 is 12.0. The Kier molecular flexibility index (Phi) is 8.42. The molecule has 0 aromatic heterocycles. The van der Waals surface area contributed by atoms with Crippen LogP contribution < -0.4 is 0 Å². The van der Waals surface area contributed by atoms with Crippen molar-refractivity contribution in [2.45, 2.75) is 6.92 Å². The van der Waals surface area contributed by atoms with Crippen molar-refractivity contribution < 1.29 is 14.4 Å². The predicted molar refractivity (Wildman–Crippen MR) is 45.5 cm³/mol. The minimum absolute atomic E-state index is 0.185. The normalized spacial score (nSPS) is 9.64. The summed E-state index contributed by atoms with van der Waals surface area (Å²) in [6.45, 7) is 10.4. The molecule has 0 rings (SSSR count). The van der Waals surface area contributed by atoms with E-state index in [1.165, 1.54) is 13.0 Å². The minimum atomic E-state index is -1.76. The molecule has 0 saturated heterocycles. The zero-order valence-corrected chi connectivity index (χ0v) is 6.55. The molecule has 0 unspecified atom stereocenters. The molecular formula is C7H12BFO2. The molecular weight excluding hydrogens is 146 g/mol. The molecule has 0 amide bonds. The lowest BCUT2D eigenvalue weighted by atomic mass is 9.79. The molecule has 0 fully saturated rings. The first-order valence-electron chi connectivity index (χ1n) is 2.96. The maximum atomic E-state index is 12.0. The van der Waals surface area contributed by atoms with Gasteiger partial charge in [-0.2, -0.15) is 0 Å². The minimum Gasteiger partial charge on any atom is -0.423 e. The first-order valence-corrected chi connectivity index (χ1v) is 2.96. The van der Waals surface area contributed by atoms with Gasteiger partial charge in [0.1, 0.15) is 5.83 Å². The van der Waals surface area contributed by atoms with Crippen LogP contribution in [0.2, 0.25) is 0 Å². The summed E-state index contributed by atoms with van der Waals surface area (Å²) in [6, 6.07) is 0. The van der Waals surface area contributed by atoms with Gasteiger partial charge in [-0.05, 0) is 6.92 Å². The molecule has 2 N–H and O–H groups in total. The largest absolute Gasteiger partial charge is 0.491 e. The van der Waals surface area contributed by atoms with E-state index in [1.54, 1.807) is 0 Å². The monoisotopic (exact) mass is 158 g/mol. The number of hydrogen-bond donors (Lipinski definition) is 2. The molecule has 0 saturated carbocycles. The highest BCUT2D eigenvalue weighted by Crippen LogP contribution is 2.08. The molecule has 0 bridgehead atoms. The highest BCUT2D eigenvalue weighted by Gasteiger charge is 2.15. The van der Waals surface area contributed by atoms with Gasteiger partial charge in [0.15, 0.2) is 0 Å². The first-order chi connectivity index (χ1) is 5.09. The topological polar surface area (TPSA) is 40.5 Å². The van der Waals surface area contributed by atoms with Crippen LogP contribution in [0.1, 0.15) is 6.92 Å².